The van der Waals surface area contributed by atoms with Crippen LogP contribution in [0.5, 0.6) is 0 Å². The number of amides is 3. The maximum atomic E-state index is 11.9. The van der Waals surface area contributed by atoms with Gasteiger partial charge in [0, 0.05) is 33.7 Å². The molecule has 1 atom stereocenters. The molecule has 0 aliphatic carbocycles. The number of carbonyl (C=O) groups excluding carboxylic acids is 2. The van der Waals surface area contributed by atoms with E-state index in [9.17, 15) is 9.59 Å². The summed E-state index contributed by atoms with van der Waals surface area (Å²) in [6, 6.07) is -0.0209. The molecule has 0 bridgehead atoms. The maximum Gasteiger partial charge on any atom is 0.319 e. The van der Waals surface area contributed by atoms with E-state index < -0.39 is 0 Å². The lowest BCUT2D eigenvalue weighted by Crippen LogP contribution is -2.48. The molecule has 18 heavy (non-hydrogen) atoms. The van der Waals surface area contributed by atoms with Gasteiger partial charge in [0.25, 0.3) is 0 Å². The summed E-state index contributed by atoms with van der Waals surface area (Å²) in [5.74, 6) is -0.0729. The van der Waals surface area contributed by atoms with Crippen molar-refractivity contribution in [2.24, 2.45) is 5.92 Å². The standard InChI is InChI=1S/C13H23N3O2/c1-10(2)8-14-12(17)11-6-5-7-16(9-11)13(18)15(3)4/h11H,1,5-9H2,2-4H3,(H,14,17). The summed E-state index contributed by atoms with van der Waals surface area (Å²) < 4.78 is 0. The van der Waals surface area contributed by atoms with Crippen LogP contribution in [0.4, 0.5) is 4.79 Å². The number of piperidine rings is 1. The normalized spacial score (nSPS) is 19.3. The lowest BCUT2D eigenvalue weighted by molar-refractivity contribution is -0.126. The van der Waals surface area contributed by atoms with Gasteiger partial charge < -0.3 is 15.1 Å². The van der Waals surface area contributed by atoms with Gasteiger partial charge in [-0.25, -0.2) is 4.79 Å². The molecule has 1 rings (SSSR count). The maximum absolute atomic E-state index is 11.9. The summed E-state index contributed by atoms with van der Waals surface area (Å²) in [6.45, 7) is 7.39. The third-order valence-electron chi connectivity index (χ3n) is 3.01. The molecule has 0 aromatic heterocycles. The number of nitrogens with zero attached hydrogens (tertiary/aromatic N) is 2. The van der Waals surface area contributed by atoms with Crippen molar-refractivity contribution in [3.05, 3.63) is 12.2 Å². The summed E-state index contributed by atoms with van der Waals surface area (Å²) in [6.07, 6.45) is 1.73. The topological polar surface area (TPSA) is 52.7 Å². The van der Waals surface area contributed by atoms with Crippen LogP contribution in [-0.2, 0) is 4.79 Å². The SMILES string of the molecule is C=C(C)CNC(=O)C1CCCN(C(=O)N(C)C)C1. The summed E-state index contributed by atoms with van der Waals surface area (Å²) >= 11 is 0. The molecule has 1 fully saturated rings. The minimum absolute atomic E-state index is 0.0209. The Kier molecular flexibility index (Phi) is 5.19. The molecule has 102 valence electrons. The van der Waals surface area contributed by atoms with Crippen molar-refractivity contribution in [2.75, 3.05) is 33.7 Å². The number of hydrogen-bond acceptors (Lipinski definition) is 2. The number of hydrogen-bond donors (Lipinski definition) is 1. The monoisotopic (exact) mass is 253 g/mol. The lowest BCUT2D eigenvalue weighted by Gasteiger charge is -2.33. The second-order valence-corrected chi connectivity index (χ2v) is 5.14. The molecule has 1 unspecified atom stereocenters. The van der Waals surface area contributed by atoms with Crippen LogP contribution in [0.25, 0.3) is 0 Å². The molecule has 1 saturated heterocycles. The van der Waals surface area contributed by atoms with Crippen molar-refractivity contribution in [2.45, 2.75) is 19.8 Å². The molecule has 0 radical (unpaired) electrons. The molecule has 1 heterocycles. The first kappa shape index (κ1) is 14.5. The highest BCUT2D eigenvalue weighted by Crippen LogP contribution is 2.17. The van der Waals surface area contributed by atoms with Crippen LogP contribution in [0.15, 0.2) is 12.2 Å². The molecule has 0 aromatic carbocycles. The van der Waals surface area contributed by atoms with Crippen LogP contribution in [0.2, 0.25) is 0 Å². The van der Waals surface area contributed by atoms with Gasteiger partial charge in [0.2, 0.25) is 5.91 Å². The van der Waals surface area contributed by atoms with E-state index >= 15 is 0 Å². The minimum Gasteiger partial charge on any atom is -0.352 e. The highest BCUT2D eigenvalue weighted by molar-refractivity contribution is 5.80. The van der Waals surface area contributed by atoms with Gasteiger partial charge in [-0.3, -0.25) is 4.79 Å². The Bertz CT molecular complexity index is 339. The van der Waals surface area contributed by atoms with Crippen molar-refractivity contribution < 1.29 is 9.59 Å². The van der Waals surface area contributed by atoms with E-state index in [0.29, 0.717) is 13.1 Å². The van der Waals surface area contributed by atoms with Gasteiger partial charge in [-0.05, 0) is 19.8 Å². The average Bonchev–Trinajstić information content (AvgIpc) is 2.34. The van der Waals surface area contributed by atoms with Crippen molar-refractivity contribution >= 4 is 11.9 Å². The second-order valence-electron chi connectivity index (χ2n) is 5.14. The van der Waals surface area contributed by atoms with Crippen molar-refractivity contribution in [1.29, 1.82) is 0 Å². The van der Waals surface area contributed by atoms with Crippen LogP contribution in [0.1, 0.15) is 19.8 Å². The Labute approximate surface area is 109 Å². The fourth-order valence-electron chi connectivity index (χ4n) is 2.03. The minimum atomic E-state index is -0.0954. The van der Waals surface area contributed by atoms with E-state index in [1.807, 2.05) is 6.92 Å². The summed E-state index contributed by atoms with van der Waals surface area (Å²) in [4.78, 5) is 27.1. The first-order valence-corrected chi connectivity index (χ1v) is 6.30. The lowest BCUT2D eigenvalue weighted by atomic mass is 9.97. The molecule has 0 spiro atoms. The van der Waals surface area contributed by atoms with Crippen molar-refractivity contribution in [1.82, 2.24) is 15.1 Å². The van der Waals surface area contributed by atoms with E-state index in [2.05, 4.69) is 11.9 Å². The van der Waals surface area contributed by atoms with Gasteiger partial charge in [-0.2, -0.15) is 0 Å². The summed E-state index contributed by atoms with van der Waals surface area (Å²) in [5.41, 5.74) is 0.931. The van der Waals surface area contributed by atoms with E-state index in [1.165, 1.54) is 0 Å². The predicted octanol–water partition coefficient (Wildman–Crippen LogP) is 1.07. The quantitative estimate of drug-likeness (QED) is 0.765. The van der Waals surface area contributed by atoms with Gasteiger partial charge in [-0.1, -0.05) is 12.2 Å². The van der Waals surface area contributed by atoms with Gasteiger partial charge in [-0.15, -0.1) is 0 Å². The zero-order valence-electron chi connectivity index (χ0n) is 11.5. The summed E-state index contributed by atoms with van der Waals surface area (Å²) in [7, 11) is 3.46. The van der Waals surface area contributed by atoms with E-state index in [1.54, 1.807) is 23.9 Å². The highest BCUT2D eigenvalue weighted by atomic mass is 16.2. The van der Waals surface area contributed by atoms with Crippen LogP contribution in [0.3, 0.4) is 0 Å². The zero-order chi connectivity index (χ0) is 13.7. The number of rotatable bonds is 3. The van der Waals surface area contributed by atoms with Crippen LogP contribution >= 0.6 is 0 Å². The highest BCUT2D eigenvalue weighted by Gasteiger charge is 2.28. The number of nitrogens with one attached hydrogen (secondary N) is 1. The third-order valence-corrected chi connectivity index (χ3v) is 3.01. The molecule has 0 saturated carbocycles. The van der Waals surface area contributed by atoms with Crippen LogP contribution in [-0.4, -0.2) is 55.5 Å². The van der Waals surface area contributed by atoms with Crippen molar-refractivity contribution in [3.8, 4) is 0 Å². The number of carbonyl (C=O) groups is 2. The Balaban J connectivity index is 2.50. The third kappa shape index (κ3) is 4.05. The first-order chi connectivity index (χ1) is 8.41. The molecular formula is C13H23N3O2. The average molecular weight is 253 g/mol. The first-order valence-electron chi connectivity index (χ1n) is 6.30. The van der Waals surface area contributed by atoms with Gasteiger partial charge in [0.05, 0.1) is 5.92 Å². The van der Waals surface area contributed by atoms with E-state index in [0.717, 1.165) is 25.0 Å². The predicted molar refractivity (Wildman–Crippen MR) is 71.2 cm³/mol. The van der Waals surface area contributed by atoms with E-state index in [4.69, 9.17) is 0 Å². The fourth-order valence-corrected chi connectivity index (χ4v) is 2.03. The molecule has 1 aliphatic heterocycles. The second kappa shape index (κ2) is 6.42. The number of urea groups is 1. The largest absolute Gasteiger partial charge is 0.352 e. The van der Waals surface area contributed by atoms with E-state index in [-0.39, 0.29) is 17.9 Å². The molecule has 0 aromatic rings. The molecule has 3 amide bonds. The molecule has 1 aliphatic rings. The van der Waals surface area contributed by atoms with Gasteiger partial charge in [0.15, 0.2) is 0 Å². The van der Waals surface area contributed by atoms with Crippen LogP contribution < -0.4 is 5.32 Å². The molecule has 5 heteroatoms. The Hall–Kier alpha value is -1.52. The smallest absolute Gasteiger partial charge is 0.319 e. The Morgan fingerprint density at radius 2 is 2.11 bits per heavy atom. The van der Waals surface area contributed by atoms with Crippen molar-refractivity contribution in [3.63, 3.8) is 0 Å². The molecular weight excluding hydrogens is 230 g/mol. The zero-order valence-corrected chi connectivity index (χ0v) is 11.5. The van der Waals surface area contributed by atoms with Gasteiger partial charge >= 0.3 is 6.03 Å². The molecule has 5 nitrogen and oxygen atoms in total. The Morgan fingerprint density at radius 3 is 2.67 bits per heavy atom. The summed E-state index contributed by atoms with van der Waals surface area (Å²) in [5, 5.41) is 2.85. The fraction of sp³-hybridized carbons (Fsp3) is 0.692. The van der Waals surface area contributed by atoms with Gasteiger partial charge in [0.1, 0.15) is 0 Å². The number of likely N-dealkylation sites (tertiary alicyclic amines) is 1. The van der Waals surface area contributed by atoms with Crippen LogP contribution in [0, 0.1) is 5.92 Å². The Morgan fingerprint density at radius 1 is 1.44 bits per heavy atom. The molecule has 1 N–H and O–H groups in total.